The van der Waals surface area contributed by atoms with Gasteiger partial charge in [0.2, 0.25) is 11.3 Å². The Bertz CT molecular complexity index is 1560. The molecule has 0 saturated carbocycles. The average Bonchev–Trinajstić information content (AvgIpc) is 2.95. The number of methoxy groups -OCH3 is 2. The molecule has 0 aliphatic rings. The molecule has 0 radical (unpaired) electrons. The first-order valence-electron chi connectivity index (χ1n) is 12.5. The predicted octanol–water partition coefficient (Wildman–Crippen LogP) is 4.69. The number of carbonyl (C=O) groups excluding carboxylic acids is 2. The van der Waals surface area contributed by atoms with E-state index in [9.17, 15) is 14.4 Å². The SMILES string of the molecule is CCOc1ccc(C(=O)c2cn(CC(=O)Nc3cc(OC)ccc3OC)c3ccc(OCC)cc3c2=O)cc1. The molecule has 1 heterocycles. The van der Waals surface area contributed by atoms with Crippen LogP contribution in [0.1, 0.15) is 29.8 Å². The van der Waals surface area contributed by atoms with E-state index in [0.29, 0.717) is 53.0 Å². The average molecular weight is 531 g/mol. The van der Waals surface area contributed by atoms with Gasteiger partial charge in [0.15, 0.2) is 5.78 Å². The molecule has 0 atom stereocenters. The van der Waals surface area contributed by atoms with Crippen LogP contribution in [-0.2, 0) is 11.3 Å². The maximum Gasteiger partial charge on any atom is 0.244 e. The number of anilines is 1. The normalized spacial score (nSPS) is 10.7. The Labute approximate surface area is 225 Å². The number of benzene rings is 3. The van der Waals surface area contributed by atoms with Crippen LogP contribution in [0, 0.1) is 0 Å². The van der Waals surface area contributed by atoms with Crippen LogP contribution >= 0.6 is 0 Å². The molecule has 1 N–H and O–H groups in total. The number of aromatic nitrogens is 1. The lowest BCUT2D eigenvalue weighted by atomic mass is 10.0. The Hall–Kier alpha value is -4.79. The lowest BCUT2D eigenvalue weighted by Gasteiger charge is -2.16. The number of nitrogens with zero attached hydrogens (tertiary/aromatic N) is 1. The number of rotatable bonds is 11. The standard InChI is InChI=1S/C30H30N2O7/c1-5-38-20-9-7-19(8-10-20)29(34)24-17-32(26-13-11-22(39-6-2)15-23(26)30(24)35)18-28(33)31-25-16-21(36-3)12-14-27(25)37-4/h7-17H,5-6,18H2,1-4H3,(H,31,33). The zero-order chi connectivity index (χ0) is 27.9. The molecule has 0 bridgehead atoms. The minimum absolute atomic E-state index is 0.0629. The second-order valence-electron chi connectivity index (χ2n) is 8.51. The van der Waals surface area contributed by atoms with Gasteiger partial charge in [-0.05, 0) is 68.4 Å². The number of ether oxygens (including phenoxy) is 4. The quantitative estimate of drug-likeness (QED) is 0.281. The molecule has 9 nitrogen and oxygen atoms in total. The first kappa shape index (κ1) is 27.3. The summed E-state index contributed by atoms with van der Waals surface area (Å²) in [6.07, 6.45) is 1.42. The highest BCUT2D eigenvalue weighted by Crippen LogP contribution is 2.29. The van der Waals surface area contributed by atoms with Crippen LogP contribution in [0.25, 0.3) is 10.9 Å². The van der Waals surface area contributed by atoms with Gasteiger partial charge in [-0.2, -0.15) is 0 Å². The summed E-state index contributed by atoms with van der Waals surface area (Å²) in [4.78, 5) is 40.1. The van der Waals surface area contributed by atoms with Crippen LogP contribution in [0.4, 0.5) is 5.69 Å². The molecule has 0 fully saturated rings. The third-order valence-electron chi connectivity index (χ3n) is 6.03. The zero-order valence-corrected chi connectivity index (χ0v) is 22.3. The van der Waals surface area contributed by atoms with Crippen molar-refractivity contribution in [3.05, 3.63) is 88.2 Å². The predicted molar refractivity (Wildman–Crippen MR) is 149 cm³/mol. The minimum atomic E-state index is -0.463. The smallest absolute Gasteiger partial charge is 0.244 e. The highest BCUT2D eigenvalue weighted by Gasteiger charge is 2.19. The number of nitrogens with one attached hydrogen (secondary N) is 1. The molecule has 0 spiro atoms. The summed E-state index contributed by atoms with van der Waals surface area (Å²) in [6.45, 7) is 4.44. The van der Waals surface area contributed by atoms with E-state index in [2.05, 4.69) is 5.32 Å². The summed E-state index contributed by atoms with van der Waals surface area (Å²) in [5.41, 5.74) is 0.729. The number of pyridine rings is 1. The van der Waals surface area contributed by atoms with Gasteiger partial charge in [0.25, 0.3) is 0 Å². The fourth-order valence-corrected chi connectivity index (χ4v) is 4.21. The van der Waals surface area contributed by atoms with E-state index in [0.717, 1.165) is 0 Å². The maximum atomic E-state index is 13.5. The van der Waals surface area contributed by atoms with E-state index in [1.165, 1.54) is 20.4 Å². The summed E-state index contributed by atoms with van der Waals surface area (Å²) in [6, 6.07) is 16.6. The van der Waals surface area contributed by atoms with Crippen molar-refractivity contribution in [2.45, 2.75) is 20.4 Å². The molecule has 4 rings (SSSR count). The number of carbonyl (C=O) groups is 2. The number of fused-ring (bicyclic) bond motifs is 1. The highest BCUT2D eigenvalue weighted by atomic mass is 16.5. The molecule has 1 aromatic heterocycles. The fourth-order valence-electron chi connectivity index (χ4n) is 4.21. The second-order valence-corrected chi connectivity index (χ2v) is 8.51. The summed E-state index contributed by atoms with van der Waals surface area (Å²) >= 11 is 0. The Morgan fingerprint density at radius 1 is 0.821 bits per heavy atom. The Morgan fingerprint density at radius 2 is 1.49 bits per heavy atom. The Kier molecular flexibility index (Phi) is 8.50. The topological polar surface area (TPSA) is 105 Å². The monoisotopic (exact) mass is 530 g/mol. The number of hydrogen-bond acceptors (Lipinski definition) is 7. The molecular weight excluding hydrogens is 500 g/mol. The van der Waals surface area contributed by atoms with E-state index in [1.807, 2.05) is 13.8 Å². The Balaban J connectivity index is 1.75. The van der Waals surface area contributed by atoms with Crippen molar-refractivity contribution in [3.63, 3.8) is 0 Å². The zero-order valence-electron chi connectivity index (χ0n) is 22.3. The van der Waals surface area contributed by atoms with E-state index >= 15 is 0 Å². The van der Waals surface area contributed by atoms with Gasteiger partial charge >= 0.3 is 0 Å². The lowest BCUT2D eigenvalue weighted by molar-refractivity contribution is -0.116. The van der Waals surface area contributed by atoms with Gasteiger partial charge in [-0.25, -0.2) is 0 Å². The molecular formula is C30H30N2O7. The van der Waals surface area contributed by atoms with Gasteiger partial charge in [-0.15, -0.1) is 0 Å². The first-order valence-corrected chi connectivity index (χ1v) is 12.5. The molecule has 0 aliphatic heterocycles. The summed E-state index contributed by atoms with van der Waals surface area (Å²) in [5.74, 6) is 1.27. The van der Waals surface area contributed by atoms with E-state index in [-0.39, 0.29) is 23.4 Å². The van der Waals surface area contributed by atoms with Crippen LogP contribution in [0.3, 0.4) is 0 Å². The van der Waals surface area contributed by atoms with Gasteiger partial charge in [0, 0.05) is 17.8 Å². The fraction of sp³-hybridized carbons (Fsp3) is 0.233. The summed E-state index contributed by atoms with van der Waals surface area (Å²) in [7, 11) is 3.03. The highest BCUT2D eigenvalue weighted by molar-refractivity contribution is 6.10. The summed E-state index contributed by atoms with van der Waals surface area (Å²) < 4.78 is 23.2. The molecule has 3 aromatic carbocycles. The van der Waals surface area contributed by atoms with Gasteiger partial charge < -0.3 is 28.8 Å². The van der Waals surface area contributed by atoms with Crippen LogP contribution in [0.5, 0.6) is 23.0 Å². The third-order valence-corrected chi connectivity index (χ3v) is 6.03. The lowest BCUT2D eigenvalue weighted by Crippen LogP contribution is -2.24. The summed E-state index contributed by atoms with van der Waals surface area (Å²) in [5, 5.41) is 3.10. The van der Waals surface area contributed by atoms with Gasteiger partial charge in [0.1, 0.15) is 29.5 Å². The van der Waals surface area contributed by atoms with Crippen LogP contribution in [0.15, 0.2) is 71.7 Å². The Morgan fingerprint density at radius 3 is 2.15 bits per heavy atom. The van der Waals surface area contributed by atoms with Crippen molar-refractivity contribution >= 4 is 28.3 Å². The molecule has 4 aromatic rings. The van der Waals surface area contributed by atoms with Crippen LogP contribution in [0.2, 0.25) is 0 Å². The van der Waals surface area contributed by atoms with E-state index < -0.39 is 11.2 Å². The number of amides is 1. The van der Waals surface area contributed by atoms with Crippen molar-refractivity contribution in [3.8, 4) is 23.0 Å². The molecule has 9 heteroatoms. The van der Waals surface area contributed by atoms with Gasteiger partial charge in [-0.3, -0.25) is 14.4 Å². The van der Waals surface area contributed by atoms with Gasteiger partial charge in [0.05, 0.1) is 49.6 Å². The van der Waals surface area contributed by atoms with E-state index in [1.54, 1.807) is 65.2 Å². The molecule has 0 saturated heterocycles. The second kappa shape index (κ2) is 12.2. The van der Waals surface area contributed by atoms with Crippen molar-refractivity contribution in [1.29, 1.82) is 0 Å². The first-order chi connectivity index (χ1) is 18.9. The number of hydrogen-bond donors (Lipinski definition) is 1. The maximum absolute atomic E-state index is 13.5. The molecule has 39 heavy (non-hydrogen) atoms. The van der Waals surface area contributed by atoms with E-state index in [4.69, 9.17) is 18.9 Å². The minimum Gasteiger partial charge on any atom is -0.497 e. The van der Waals surface area contributed by atoms with Crippen LogP contribution < -0.4 is 29.7 Å². The van der Waals surface area contributed by atoms with Crippen molar-refractivity contribution in [2.24, 2.45) is 0 Å². The number of ketones is 1. The molecule has 202 valence electrons. The van der Waals surface area contributed by atoms with Crippen molar-refractivity contribution < 1.29 is 28.5 Å². The van der Waals surface area contributed by atoms with Crippen molar-refractivity contribution in [1.82, 2.24) is 4.57 Å². The van der Waals surface area contributed by atoms with Gasteiger partial charge in [-0.1, -0.05) is 0 Å². The molecule has 0 unspecified atom stereocenters. The van der Waals surface area contributed by atoms with Crippen molar-refractivity contribution in [2.75, 3.05) is 32.8 Å². The largest absolute Gasteiger partial charge is 0.497 e. The molecule has 0 aliphatic carbocycles. The van der Waals surface area contributed by atoms with Crippen LogP contribution in [-0.4, -0.2) is 43.7 Å². The molecule has 1 amide bonds. The third kappa shape index (κ3) is 6.04.